The molecule has 0 bridgehead atoms. The largest absolute Gasteiger partial charge is 0.433 e. The van der Waals surface area contributed by atoms with Gasteiger partial charge in [0.2, 0.25) is 5.13 Å². The molecule has 5 aromatic rings. The van der Waals surface area contributed by atoms with E-state index in [1.54, 1.807) is 17.1 Å². The average molecular weight is 430 g/mol. The summed E-state index contributed by atoms with van der Waals surface area (Å²) in [5.74, 6) is -0.0671. The number of nitrogens with one attached hydrogen (secondary N) is 1. The fourth-order valence-corrected chi connectivity index (χ4v) is 3.83. The van der Waals surface area contributed by atoms with Crippen molar-refractivity contribution in [2.45, 2.75) is 0 Å². The zero-order valence-corrected chi connectivity index (χ0v) is 16.7. The van der Waals surface area contributed by atoms with Crippen LogP contribution in [0.25, 0.3) is 27.4 Å². The summed E-state index contributed by atoms with van der Waals surface area (Å²) in [4.78, 5) is 14.9. The highest BCUT2D eigenvalue weighted by molar-refractivity contribution is 7.22. The van der Waals surface area contributed by atoms with E-state index in [2.05, 4.69) is 20.6 Å². The Morgan fingerprint density at radius 2 is 1.90 bits per heavy atom. The second-order valence-electron chi connectivity index (χ2n) is 6.46. The van der Waals surface area contributed by atoms with Crippen LogP contribution >= 0.6 is 11.3 Å². The Balaban J connectivity index is 1.48. The van der Waals surface area contributed by atoms with E-state index in [-0.39, 0.29) is 11.6 Å². The van der Waals surface area contributed by atoms with Gasteiger partial charge in [-0.1, -0.05) is 41.7 Å². The molecule has 1 N–H and O–H groups in total. The highest BCUT2D eigenvalue weighted by atomic mass is 32.1. The third-order valence-electron chi connectivity index (χ3n) is 4.43. The molecule has 0 saturated heterocycles. The first-order valence-electron chi connectivity index (χ1n) is 9.22. The number of anilines is 1. The zero-order chi connectivity index (χ0) is 21.2. The van der Waals surface area contributed by atoms with Crippen LogP contribution in [0.2, 0.25) is 0 Å². The normalized spacial score (nSPS) is 11.4. The monoisotopic (exact) mass is 430 g/mol. The van der Waals surface area contributed by atoms with Crippen molar-refractivity contribution < 1.29 is 9.34 Å². The molecule has 0 saturated carbocycles. The fourth-order valence-electron chi connectivity index (χ4n) is 3.02. The van der Waals surface area contributed by atoms with Gasteiger partial charge >= 0.3 is 5.88 Å². The lowest BCUT2D eigenvalue weighted by Gasteiger charge is -1.98. The van der Waals surface area contributed by atoms with Crippen molar-refractivity contribution in [2.75, 3.05) is 5.43 Å². The number of hydrogen-bond donors (Lipinski definition) is 1. The summed E-state index contributed by atoms with van der Waals surface area (Å²) < 4.78 is 8.08. The molecule has 0 aliphatic rings. The predicted octanol–water partition coefficient (Wildman–Crippen LogP) is 5.10. The van der Waals surface area contributed by atoms with Crippen LogP contribution in [0.15, 0.2) is 82.4 Å². The molecule has 2 aromatic carbocycles. The molecule has 0 amide bonds. The third kappa shape index (κ3) is 3.79. The Bertz CT molecular complexity index is 1370. The lowest BCUT2D eigenvalue weighted by molar-refractivity contribution is -0.401. The van der Waals surface area contributed by atoms with Crippen LogP contribution in [0.3, 0.4) is 0 Å². The third-order valence-corrected chi connectivity index (χ3v) is 5.37. The van der Waals surface area contributed by atoms with Gasteiger partial charge in [-0.05, 0) is 30.3 Å². The molecule has 31 heavy (non-hydrogen) atoms. The Morgan fingerprint density at radius 3 is 2.68 bits per heavy atom. The molecule has 3 heterocycles. The summed E-state index contributed by atoms with van der Waals surface area (Å²) in [5, 5.41) is 20.5. The van der Waals surface area contributed by atoms with Gasteiger partial charge < -0.3 is 4.42 Å². The summed E-state index contributed by atoms with van der Waals surface area (Å²) in [6, 6.07) is 20.2. The highest BCUT2D eigenvalue weighted by Gasteiger charge is 2.19. The molecule has 0 spiro atoms. The highest BCUT2D eigenvalue weighted by Crippen LogP contribution is 2.28. The van der Waals surface area contributed by atoms with Crippen molar-refractivity contribution >= 4 is 38.8 Å². The molecular weight excluding hydrogens is 416 g/mol. The molecule has 5 rings (SSSR count). The predicted molar refractivity (Wildman–Crippen MR) is 119 cm³/mol. The number of thiazole rings is 1. The maximum atomic E-state index is 11.0. The lowest BCUT2D eigenvalue weighted by atomic mass is 10.2. The maximum absolute atomic E-state index is 11.0. The first-order valence-corrected chi connectivity index (χ1v) is 10.0. The first-order chi connectivity index (χ1) is 15.2. The van der Waals surface area contributed by atoms with Gasteiger partial charge in [-0.3, -0.25) is 15.5 Å². The van der Waals surface area contributed by atoms with Crippen molar-refractivity contribution in [3.8, 4) is 17.1 Å². The molecule has 0 unspecified atom stereocenters. The van der Waals surface area contributed by atoms with Gasteiger partial charge in [0.15, 0.2) is 5.76 Å². The van der Waals surface area contributed by atoms with Gasteiger partial charge in [-0.15, -0.1) is 0 Å². The van der Waals surface area contributed by atoms with Gasteiger partial charge in [-0.2, -0.15) is 10.2 Å². The fraction of sp³-hybridized carbons (Fsp3) is 0. The van der Waals surface area contributed by atoms with Crippen LogP contribution in [-0.4, -0.2) is 25.9 Å². The Hall–Kier alpha value is -4.31. The molecule has 9 nitrogen and oxygen atoms in total. The lowest BCUT2D eigenvalue weighted by Crippen LogP contribution is -1.93. The van der Waals surface area contributed by atoms with Crippen LogP contribution in [0, 0.1) is 10.1 Å². The topological polar surface area (TPSA) is 111 Å². The minimum absolute atomic E-state index is 0.280. The van der Waals surface area contributed by atoms with Gasteiger partial charge in [0.25, 0.3) is 0 Å². The van der Waals surface area contributed by atoms with E-state index in [0.717, 1.165) is 15.9 Å². The number of fused-ring (bicyclic) bond motifs is 1. The minimum atomic E-state index is -0.583. The van der Waals surface area contributed by atoms with Gasteiger partial charge in [0.1, 0.15) is 10.6 Å². The molecule has 3 aromatic heterocycles. The van der Waals surface area contributed by atoms with E-state index in [9.17, 15) is 10.1 Å². The number of benzene rings is 2. The van der Waals surface area contributed by atoms with Crippen molar-refractivity contribution in [2.24, 2.45) is 5.10 Å². The molecule has 0 atom stereocenters. The van der Waals surface area contributed by atoms with Crippen molar-refractivity contribution in [1.29, 1.82) is 0 Å². The summed E-state index contributed by atoms with van der Waals surface area (Å²) in [6.07, 6.45) is 3.37. The summed E-state index contributed by atoms with van der Waals surface area (Å²) in [6.45, 7) is 0. The van der Waals surface area contributed by atoms with E-state index in [4.69, 9.17) is 4.42 Å². The number of rotatable bonds is 6. The number of nitrogens with zero attached hydrogens (tertiary/aromatic N) is 5. The molecule has 10 heteroatoms. The summed E-state index contributed by atoms with van der Waals surface area (Å²) in [7, 11) is 0. The minimum Gasteiger partial charge on any atom is -0.399 e. The Morgan fingerprint density at radius 1 is 1.10 bits per heavy atom. The number of nitro groups is 1. The number of aromatic nitrogens is 3. The summed E-state index contributed by atoms with van der Waals surface area (Å²) >= 11 is 1.49. The van der Waals surface area contributed by atoms with Crippen LogP contribution in [0.1, 0.15) is 5.56 Å². The molecule has 0 aliphatic carbocycles. The Kier molecular flexibility index (Phi) is 4.73. The van der Waals surface area contributed by atoms with Crippen LogP contribution in [-0.2, 0) is 0 Å². The molecule has 152 valence electrons. The Labute approximate surface area is 179 Å². The van der Waals surface area contributed by atoms with Crippen LogP contribution in [0.5, 0.6) is 0 Å². The smallest absolute Gasteiger partial charge is 0.399 e. The molecule has 0 radical (unpaired) electrons. The standard InChI is InChI=1S/C21H14N6O3S/c28-27(29)19-11-10-17(30-19)20-14(13-26(25-20)15-6-2-1-3-7-15)12-22-24-21-23-16-8-4-5-9-18(16)31-21/h1-13H,(H,23,24). The van der Waals surface area contributed by atoms with E-state index in [1.165, 1.54) is 23.5 Å². The average Bonchev–Trinajstić information content (AvgIpc) is 3.52. The maximum Gasteiger partial charge on any atom is 0.433 e. The van der Waals surface area contributed by atoms with E-state index in [1.807, 2.05) is 54.6 Å². The van der Waals surface area contributed by atoms with Gasteiger partial charge in [-0.25, -0.2) is 9.67 Å². The zero-order valence-electron chi connectivity index (χ0n) is 15.9. The number of hydrazone groups is 1. The van der Waals surface area contributed by atoms with E-state index < -0.39 is 4.92 Å². The van der Waals surface area contributed by atoms with Gasteiger partial charge in [0, 0.05) is 11.8 Å². The van der Waals surface area contributed by atoms with Crippen molar-refractivity contribution in [1.82, 2.24) is 14.8 Å². The number of furan rings is 1. The molecular formula is C21H14N6O3S. The number of para-hydroxylation sites is 2. The van der Waals surface area contributed by atoms with Crippen molar-refractivity contribution in [3.63, 3.8) is 0 Å². The van der Waals surface area contributed by atoms with Crippen LogP contribution in [0.4, 0.5) is 11.0 Å². The van der Waals surface area contributed by atoms with E-state index in [0.29, 0.717) is 16.4 Å². The second kappa shape index (κ2) is 7.84. The molecule has 0 fully saturated rings. The van der Waals surface area contributed by atoms with Crippen LogP contribution < -0.4 is 5.43 Å². The second-order valence-corrected chi connectivity index (χ2v) is 7.50. The van der Waals surface area contributed by atoms with Crippen molar-refractivity contribution in [3.05, 3.63) is 88.6 Å². The SMILES string of the molecule is O=[N+]([O-])c1ccc(-c2nn(-c3ccccc3)cc2C=NNc2nc3ccccc3s2)o1. The van der Waals surface area contributed by atoms with E-state index >= 15 is 0 Å². The molecule has 0 aliphatic heterocycles. The summed E-state index contributed by atoms with van der Waals surface area (Å²) in [5.41, 5.74) is 5.73. The quantitative estimate of drug-likeness (QED) is 0.228. The number of hydrogen-bond acceptors (Lipinski definition) is 8. The first kappa shape index (κ1) is 18.7. The van der Waals surface area contributed by atoms with Gasteiger partial charge in [0.05, 0.1) is 28.2 Å².